The van der Waals surface area contributed by atoms with Gasteiger partial charge >= 0.3 is 5.97 Å². The Balaban J connectivity index is 2.59. The molecule has 0 fully saturated rings. The fourth-order valence-corrected chi connectivity index (χ4v) is 1.80. The number of para-hydroxylation sites is 2. The van der Waals surface area contributed by atoms with Crippen molar-refractivity contribution < 1.29 is 19.2 Å². The number of nitrogens with zero attached hydrogens (tertiary/aromatic N) is 1. The minimum Gasteiger partial charge on any atom is -0.455 e. The molecule has 0 aliphatic rings. The van der Waals surface area contributed by atoms with Crippen LogP contribution in [0.25, 0.3) is 0 Å². The molecule has 0 aliphatic heterocycles. The van der Waals surface area contributed by atoms with Crippen LogP contribution in [-0.4, -0.2) is 23.4 Å². The molecule has 1 rings (SSSR count). The first-order valence-electron chi connectivity index (χ1n) is 6.69. The van der Waals surface area contributed by atoms with E-state index in [0.29, 0.717) is 12.8 Å². The number of rotatable bonds is 7. The van der Waals surface area contributed by atoms with Crippen molar-refractivity contribution in [3.8, 4) is 0 Å². The van der Waals surface area contributed by atoms with E-state index in [2.05, 4.69) is 5.32 Å². The van der Waals surface area contributed by atoms with Crippen LogP contribution in [0.1, 0.15) is 26.7 Å². The number of nitrogens with one attached hydrogen (secondary N) is 1. The largest absolute Gasteiger partial charge is 0.455 e. The summed E-state index contributed by atoms with van der Waals surface area (Å²) in [5.74, 6) is -1.27. The van der Waals surface area contributed by atoms with Crippen molar-refractivity contribution in [3.63, 3.8) is 0 Å². The topological polar surface area (TPSA) is 98.5 Å². The molecular formula is C14H18N2O5. The quantitative estimate of drug-likeness (QED) is 0.473. The maximum atomic E-state index is 11.7. The molecule has 0 spiro atoms. The lowest BCUT2D eigenvalue weighted by molar-refractivity contribution is -0.383. The minimum absolute atomic E-state index is 0.0751. The third kappa shape index (κ3) is 4.87. The molecule has 1 amide bonds. The van der Waals surface area contributed by atoms with Gasteiger partial charge in [0.15, 0.2) is 6.61 Å². The normalized spacial score (nSPS) is 10.2. The van der Waals surface area contributed by atoms with Crippen LogP contribution in [0.2, 0.25) is 0 Å². The maximum absolute atomic E-state index is 11.7. The zero-order valence-electron chi connectivity index (χ0n) is 12.0. The van der Waals surface area contributed by atoms with Crippen LogP contribution >= 0.6 is 0 Å². The molecule has 114 valence electrons. The molecule has 21 heavy (non-hydrogen) atoms. The molecule has 0 saturated carbocycles. The molecule has 0 unspecified atom stereocenters. The summed E-state index contributed by atoms with van der Waals surface area (Å²) in [5.41, 5.74) is -0.136. The number of carbonyl (C=O) groups is 2. The summed E-state index contributed by atoms with van der Waals surface area (Å²) in [4.78, 5) is 33.5. The Morgan fingerprint density at radius 3 is 2.48 bits per heavy atom. The fraction of sp³-hybridized carbons (Fsp3) is 0.429. The summed E-state index contributed by atoms with van der Waals surface area (Å²) in [7, 11) is 0. The van der Waals surface area contributed by atoms with E-state index in [0.717, 1.165) is 0 Å². The molecule has 0 aromatic heterocycles. The molecule has 7 heteroatoms. The molecule has 1 aromatic rings. The van der Waals surface area contributed by atoms with E-state index in [1.54, 1.807) is 6.07 Å². The Hall–Kier alpha value is -2.44. The molecule has 7 nitrogen and oxygen atoms in total. The van der Waals surface area contributed by atoms with Crippen LogP contribution in [0.5, 0.6) is 0 Å². The van der Waals surface area contributed by atoms with Crippen LogP contribution in [0.4, 0.5) is 11.4 Å². The van der Waals surface area contributed by atoms with Gasteiger partial charge in [-0.05, 0) is 18.9 Å². The van der Waals surface area contributed by atoms with Crippen LogP contribution in [0, 0.1) is 16.0 Å². The first-order valence-corrected chi connectivity index (χ1v) is 6.69. The van der Waals surface area contributed by atoms with E-state index < -0.39 is 23.4 Å². The highest BCUT2D eigenvalue weighted by atomic mass is 16.6. The smallest absolute Gasteiger partial charge is 0.309 e. The third-order valence-corrected chi connectivity index (χ3v) is 3.04. The Kier molecular flexibility index (Phi) is 6.32. The highest BCUT2D eigenvalue weighted by Crippen LogP contribution is 2.22. The van der Waals surface area contributed by atoms with Gasteiger partial charge in [-0.3, -0.25) is 19.7 Å². The lowest BCUT2D eigenvalue weighted by Crippen LogP contribution is -2.24. The lowest BCUT2D eigenvalue weighted by atomic mass is 10.0. The lowest BCUT2D eigenvalue weighted by Gasteiger charge is -2.11. The zero-order valence-corrected chi connectivity index (χ0v) is 12.0. The van der Waals surface area contributed by atoms with E-state index in [1.165, 1.54) is 18.2 Å². The van der Waals surface area contributed by atoms with Gasteiger partial charge in [-0.25, -0.2) is 0 Å². The molecule has 0 saturated heterocycles. The van der Waals surface area contributed by atoms with Crippen LogP contribution < -0.4 is 5.32 Å². The Bertz CT molecular complexity index is 526. The molecule has 1 N–H and O–H groups in total. The van der Waals surface area contributed by atoms with E-state index >= 15 is 0 Å². The van der Waals surface area contributed by atoms with Gasteiger partial charge in [0, 0.05) is 6.07 Å². The number of benzene rings is 1. The number of ether oxygens (including phenoxy) is 1. The van der Waals surface area contributed by atoms with E-state index in [-0.39, 0.29) is 17.3 Å². The standard InChI is InChI=1S/C14H18N2O5/c1-3-10(4-2)14(18)21-9-13(17)15-11-7-5-6-8-12(11)16(19)20/h5-8,10H,3-4,9H2,1-2H3,(H,15,17). The summed E-state index contributed by atoms with van der Waals surface area (Å²) >= 11 is 0. The van der Waals surface area contributed by atoms with Crippen molar-refractivity contribution in [2.24, 2.45) is 5.92 Å². The van der Waals surface area contributed by atoms with Gasteiger partial charge in [0.05, 0.1) is 10.8 Å². The van der Waals surface area contributed by atoms with E-state index in [1.807, 2.05) is 13.8 Å². The van der Waals surface area contributed by atoms with E-state index in [9.17, 15) is 19.7 Å². The van der Waals surface area contributed by atoms with Crippen LogP contribution in [-0.2, 0) is 14.3 Å². The van der Waals surface area contributed by atoms with Crippen molar-refractivity contribution in [2.45, 2.75) is 26.7 Å². The first-order chi connectivity index (χ1) is 9.99. The number of anilines is 1. The molecular weight excluding hydrogens is 276 g/mol. The van der Waals surface area contributed by atoms with Crippen molar-refractivity contribution in [2.75, 3.05) is 11.9 Å². The second-order valence-electron chi connectivity index (χ2n) is 4.44. The molecule has 0 bridgehead atoms. The van der Waals surface area contributed by atoms with E-state index in [4.69, 9.17) is 4.74 Å². The van der Waals surface area contributed by atoms with Crippen molar-refractivity contribution in [3.05, 3.63) is 34.4 Å². The first kappa shape index (κ1) is 16.6. The number of esters is 1. The summed E-state index contributed by atoms with van der Waals surface area (Å²) in [6.07, 6.45) is 1.28. The summed E-state index contributed by atoms with van der Waals surface area (Å²) in [6, 6.07) is 5.77. The monoisotopic (exact) mass is 294 g/mol. The van der Waals surface area contributed by atoms with Gasteiger partial charge in [0.25, 0.3) is 11.6 Å². The zero-order chi connectivity index (χ0) is 15.8. The maximum Gasteiger partial charge on any atom is 0.309 e. The highest BCUT2D eigenvalue weighted by Gasteiger charge is 2.18. The van der Waals surface area contributed by atoms with Gasteiger partial charge in [0.1, 0.15) is 5.69 Å². The van der Waals surface area contributed by atoms with Crippen LogP contribution in [0.15, 0.2) is 24.3 Å². The number of nitro benzene ring substituents is 1. The van der Waals surface area contributed by atoms with Gasteiger partial charge in [-0.15, -0.1) is 0 Å². The average Bonchev–Trinajstić information content (AvgIpc) is 2.46. The second-order valence-corrected chi connectivity index (χ2v) is 4.44. The average molecular weight is 294 g/mol. The van der Waals surface area contributed by atoms with Crippen molar-refractivity contribution in [1.82, 2.24) is 0 Å². The number of amides is 1. The minimum atomic E-state index is -0.608. The second kappa shape index (κ2) is 7.98. The molecule has 1 aromatic carbocycles. The summed E-state index contributed by atoms with van der Waals surface area (Å²) in [5, 5.41) is 13.2. The van der Waals surface area contributed by atoms with Gasteiger partial charge < -0.3 is 10.1 Å². The van der Waals surface area contributed by atoms with Gasteiger partial charge in [-0.1, -0.05) is 26.0 Å². The summed E-state index contributed by atoms with van der Waals surface area (Å²) < 4.78 is 4.90. The summed E-state index contributed by atoms with van der Waals surface area (Å²) in [6.45, 7) is 3.27. The Morgan fingerprint density at radius 2 is 1.90 bits per heavy atom. The number of hydrogen-bond donors (Lipinski definition) is 1. The van der Waals surface area contributed by atoms with Gasteiger partial charge in [-0.2, -0.15) is 0 Å². The predicted molar refractivity (Wildman–Crippen MR) is 76.8 cm³/mol. The van der Waals surface area contributed by atoms with Crippen LogP contribution in [0.3, 0.4) is 0 Å². The SMILES string of the molecule is CCC(CC)C(=O)OCC(=O)Nc1ccccc1[N+](=O)[O-]. The van der Waals surface area contributed by atoms with Gasteiger partial charge in [0.2, 0.25) is 0 Å². The number of hydrogen-bond acceptors (Lipinski definition) is 5. The van der Waals surface area contributed by atoms with Crippen molar-refractivity contribution >= 4 is 23.3 Å². The fourth-order valence-electron chi connectivity index (χ4n) is 1.80. The number of nitro groups is 1. The predicted octanol–water partition coefficient (Wildman–Crippen LogP) is 2.51. The molecule has 0 atom stereocenters. The Morgan fingerprint density at radius 1 is 1.29 bits per heavy atom. The Labute approximate surface area is 122 Å². The number of carbonyl (C=O) groups excluding carboxylic acids is 2. The van der Waals surface area contributed by atoms with Crippen molar-refractivity contribution in [1.29, 1.82) is 0 Å². The third-order valence-electron chi connectivity index (χ3n) is 3.04. The molecule has 0 radical (unpaired) electrons. The highest BCUT2D eigenvalue weighted by molar-refractivity contribution is 5.94. The molecule has 0 aliphatic carbocycles. The molecule has 0 heterocycles.